The highest BCUT2D eigenvalue weighted by Crippen LogP contribution is 2.43. The van der Waals surface area contributed by atoms with Crippen molar-refractivity contribution < 1.29 is 42.1 Å². The molecule has 0 heterocycles. The maximum Gasteiger partial charge on any atom is 0.472 e. The number of nitrogens with zero attached hydrogens (tertiary/aromatic N) is 1. The molecule has 0 spiro atoms. The van der Waals surface area contributed by atoms with Crippen molar-refractivity contribution in [3.63, 3.8) is 0 Å². The summed E-state index contributed by atoms with van der Waals surface area (Å²) in [7, 11) is 1.40. The van der Waals surface area contributed by atoms with Gasteiger partial charge in [0.25, 0.3) is 0 Å². The Hall–Kier alpha value is -5.93. The van der Waals surface area contributed by atoms with Crippen molar-refractivity contribution in [1.82, 2.24) is 0 Å². The van der Waals surface area contributed by atoms with Gasteiger partial charge >= 0.3 is 19.8 Å². The van der Waals surface area contributed by atoms with E-state index in [1.54, 1.807) is 0 Å². The van der Waals surface area contributed by atoms with Gasteiger partial charge in [-0.3, -0.25) is 18.6 Å². The standard InChI is InChI=1S/C80H122NO8P/c1-6-8-10-12-14-16-18-20-22-24-26-28-30-32-34-36-38-39-40-41-43-45-47-49-51-53-55-57-59-61-63-65-67-69-71-73-80(83)89-78(77-88-90(84,85)87-75-74-81(3,4)5)76-86-79(82)72-70-68-66-64-62-60-58-56-54-52-50-48-46-44-42-37-35-33-31-29-27-25-23-21-19-17-15-13-11-9-7-2/h8-11,14-17,20-23,26-29,32-35,38-39,41-44,47-50,53-56,59-62,78H,6-7,12-13,18-19,24-25,30-31,36-37,40,45-46,51-52,57-58,63-77H2,1-5H3/p+1/b10-8-,11-9-,16-14-,17-15-,22-20-,23-21-,28-26-,29-27-,34-32-,35-33-,39-38-,43-41-,44-42-,49-47-,50-48-,55-53-,56-54-,61-59-,62-60-. The topological polar surface area (TPSA) is 108 Å². The van der Waals surface area contributed by atoms with Gasteiger partial charge in [-0.2, -0.15) is 0 Å². The largest absolute Gasteiger partial charge is 0.472 e. The molecular formula is C80H123NO8P+. The third-order valence-corrected chi connectivity index (χ3v) is 14.2. The molecule has 2 atom stereocenters. The molecule has 0 rings (SSSR count). The number of quaternary nitrogens is 1. The van der Waals surface area contributed by atoms with Crippen LogP contribution in [-0.4, -0.2) is 74.9 Å². The predicted octanol–water partition coefficient (Wildman–Crippen LogP) is 22.6. The molecule has 0 saturated heterocycles. The molecule has 10 heteroatoms. The molecule has 0 bridgehead atoms. The number of unbranched alkanes of at least 4 members (excludes halogenated alkanes) is 7. The van der Waals surface area contributed by atoms with Crippen molar-refractivity contribution in [3.05, 3.63) is 231 Å². The van der Waals surface area contributed by atoms with Gasteiger partial charge < -0.3 is 18.9 Å². The van der Waals surface area contributed by atoms with Crippen LogP contribution in [0.25, 0.3) is 0 Å². The summed E-state index contributed by atoms with van der Waals surface area (Å²) in [6, 6.07) is 0. The van der Waals surface area contributed by atoms with Gasteiger partial charge in [0, 0.05) is 12.8 Å². The van der Waals surface area contributed by atoms with E-state index in [1.807, 2.05) is 21.1 Å². The third kappa shape index (κ3) is 71.1. The highest BCUT2D eigenvalue weighted by Gasteiger charge is 2.27. The first-order valence-corrected chi connectivity index (χ1v) is 35.6. The minimum atomic E-state index is -4.43. The summed E-state index contributed by atoms with van der Waals surface area (Å²) in [5, 5.41) is 0. The number of hydrogen-bond acceptors (Lipinski definition) is 7. The molecule has 0 radical (unpaired) electrons. The third-order valence-electron chi connectivity index (χ3n) is 13.2. The first-order valence-electron chi connectivity index (χ1n) is 34.1. The molecule has 0 aromatic carbocycles. The zero-order chi connectivity index (χ0) is 65.5. The van der Waals surface area contributed by atoms with E-state index in [2.05, 4.69) is 245 Å². The van der Waals surface area contributed by atoms with Crippen LogP contribution in [0.15, 0.2) is 231 Å². The van der Waals surface area contributed by atoms with Gasteiger partial charge in [0.2, 0.25) is 0 Å². The molecule has 0 saturated carbocycles. The van der Waals surface area contributed by atoms with Crippen LogP contribution in [0.3, 0.4) is 0 Å². The van der Waals surface area contributed by atoms with Gasteiger partial charge in [0.1, 0.15) is 19.8 Å². The van der Waals surface area contributed by atoms with Gasteiger partial charge in [-0.25, -0.2) is 4.57 Å². The number of allylic oxidation sites excluding steroid dienone is 38. The average molecular weight is 1260 g/mol. The van der Waals surface area contributed by atoms with E-state index in [4.69, 9.17) is 18.5 Å². The number of esters is 2. The summed E-state index contributed by atoms with van der Waals surface area (Å²) in [5.41, 5.74) is 0. The normalized spacial score (nSPS) is 14.6. The van der Waals surface area contributed by atoms with E-state index in [0.717, 1.165) is 167 Å². The lowest BCUT2D eigenvalue weighted by Crippen LogP contribution is -2.37. The number of phosphoric acid groups is 1. The van der Waals surface area contributed by atoms with E-state index in [1.165, 1.54) is 0 Å². The fourth-order valence-corrected chi connectivity index (χ4v) is 8.77. The minimum Gasteiger partial charge on any atom is -0.462 e. The Morgan fingerprint density at radius 3 is 0.889 bits per heavy atom. The number of ether oxygens (including phenoxy) is 2. The smallest absolute Gasteiger partial charge is 0.462 e. The molecule has 0 amide bonds. The molecule has 0 aliphatic carbocycles. The Morgan fingerprint density at radius 1 is 0.344 bits per heavy atom. The van der Waals surface area contributed by atoms with Crippen LogP contribution in [0.1, 0.15) is 206 Å². The number of carbonyl (C=O) groups excluding carboxylic acids is 2. The quantitative estimate of drug-likeness (QED) is 0.0211. The predicted molar refractivity (Wildman–Crippen MR) is 389 cm³/mol. The first kappa shape index (κ1) is 84.1. The number of hydrogen-bond donors (Lipinski definition) is 1. The van der Waals surface area contributed by atoms with Gasteiger partial charge in [-0.15, -0.1) is 0 Å². The molecule has 0 aromatic rings. The van der Waals surface area contributed by atoms with Gasteiger partial charge in [0.15, 0.2) is 6.10 Å². The van der Waals surface area contributed by atoms with Crippen LogP contribution >= 0.6 is 7.82 Å². The van der Waals surface area contributed by atoms with Gasteiger partial charge in [-0.05, 0) is 161 Å². The maximum absolute atomic E-state index is 12.9. The van der Waals surface area contributed by atoms with Crippen molar-refractivity contribution >= 4 is 19.8 Å². The van der Waals surface area contributed by atoms with Crippen LogP contribution in [0.4, 0.5) is 0 Å². The van der Waals surface area contributed by atoms with Gasteiger partial charge in [-0.1, -0.05) is 264 Å². The minimum absolute atomic E-state index is 0.00608. The Bertz CT molecular complexity index is 2370. The Balaban J connectivity index is 4.31. The number of rotatable bonds is 59. The molecule has 0 aliphatic rings. The lowest BCUT2D eigenvalue weighted by atomic mass is 10.1. The number of likely N-dealkylation sites (N-methyl/N-ethyl adjacent to an activating group) is 1. The lowest BCUT2D eigenvalue weighted by molar-refractivity contribution is -0.870. The summed E-state index contributed by atoms with van der Waals surface area (Å²) in [6.45, 7) is 4.09. The molecule has 2 unspecified atom stereocenters. The summed E-state index contributed by atoms with van der Waals surface area (Å²) < 4.78 is 34.6. The number of phosphoric ester groups is 1. The zero-order valence-corrected chi connectivity index (χ0v) is 57.7. The van der Waals surface area contributed by atoms with Crippen molar-refractivity contribution in [1.29, 1.82) is 0 Å². The fourth-order valence-electron chi connectivity index (χ4n) is 8.03. The van der Waals surface area contributed by atoms with Crippen molar-refractivity contribution in [2.45, 2.75) is 213 Å². The van der Waals surface area contributed by atoms with Crippen LogP contribution in [0.2, 0.25) is 0 Å². The van der Waals surface area contributed by atoms with E-state index >= 15 is 0 Å². The lowest BCUT2D eigenvalue weighted by Gasteiger charge is -2.24. The van der Waals surface area contributed by atoms with Gasteiger partial charge in [0.05, 0.1) is 27.7 Å². The summed E-state index contributed by atoms with van der Waals surface area (Å²) in [6.07, 6.45) is 110. The van der Waals surface area contributed by atoms with Crippen LogP contribution in [0, 0.1) is 0 Å². The van der Waals surface area contributed by atoms with Crippen LogP contribution in [-0.2, 0) is 32.7 Å². The maximum atomic E-state index is 12.9. The summed E-state index contributed by atoms with van der Waals surface area (Å²) in [5.74, 6) is -0.888. The summed E-state index contributed by atoms with van der Waals surface area (Å²) in [4.78, 5) is 35.8. The molecule has 1 N–H and O–H groups in total. The van der Waals surface area contributed by atoms with E-state index in [-0.39, 0.29) is 26.1 Å². The molecule has 0 fully saturated rings. The Labute approximate surface area is 550 Å². The molecular weight excluding hydrogens is 1130 g/mol. The average Bonchev–Trinajstić information content (AvgIpc) is 3.61. The second-order valence-electron chi connectivity index (χ2n) is 22.7. The SMILES string of the molecule is CC/C=C\C/C=C\C/C=C\C/C=C\C/C=C\C/C=C\C/C=C\C/C=C\C/C=C\C/C=C\CCCCCCC(=O)OC(COC(=O)CCCCC/C=C\C/C=C\C/C=C\C/C=C\C/C=C\C/C=C\C/C=C\C/C=C\C/C=C\CC)COP(=O)(O)OCC[N+](C)(C)C. The molecule has 500 valence electrons. The molecule has 9 nitrogen and oxygen atoms in total. The molecule has 90 heavy (non-hydrogen) atoms. The monoisotopic (exact) mass is 1260 g/mol. The zero-order valence-electron chi connectivity index (χ0n) is 56.8. The Kier molecular flexibility index (Phi) is 63.0. The molecule has 0 aliphatic heterocycles. The summed E-state index contributed by atoms with van der Waals surface area (Å²) >= 11 is 0. The Morgan fingerprint density at radius 2 is 0.600 bits per heavy atom. The van der Waals surface area contributed by atoms with Crippen molar-refractivity contribution in [2.75, 3.05) is 47.5 Å². The number of carbonyl (C=O) groups is 2. The second kappa shape index (κ2) is 67.5. The second-order valence-corrected chi connectivity index (χ2v) is 24.2. The highest BCUT2D eigenvalue weighted by atomic mass is 31.2. The van der Waals surface area contributed by atoms with E-state index in [0.29, 0.717) is 23.9 Å². The highest BCUT2D eigenvalue weighted by molar-refractivity contribution is 7.47. The molecule has 0 aromatic heterocycles. The van der Waals surface area contributed by atoms with Crippen LogP contribution in [0.5, 0.6) is 0 Å². The van der Waals surface area contributed by atoms with E-state index < -0.39 is 32.5 Å². The van der Waals surface area contributed by atoms with Crippen molar-refractivity contribution in [3.8, 4) is 0 Å². The van der Waals surface area contributed by atoms with Crippen LogP contribution < -0.4 is 0 Å². The van der Waals surface area contributed by atoms with E-state index in [9.17, 15) is 19.0 Å². The first-order chi connectivity index (χ1) is 44.0. The van der Waals surface area contributed by atoms with Crippen molar-refractivity contribution in [2.24, 2.45) is 0 Å². The fraction of sp³-hybridized carbons (Fsp3) is 0.500.